The summed E-state index contributed by atoms with van der Waals surface area (Å²) < 4.78 is 5.45. The number of carbonyl (C=O) groups is 1. The third-order valence-electron chi connectivity index (χ3n) is 4.37. The third-order valence-corrected chi connectivity index (χ3v) is 4.37. The molecule has 116 valence electrons. The topological polar surface area (TPSA) is 66.6 Å². The van der Waals surface area contributed by atoms with Gasteiger partial charge in [0, 0.05) is 43.9 Å². The zero-order chi connectivity index (χ0) is 15.7. The van der Waals surface area contributed by atoms with Crippen molar-refractivity contribution >= 4 is 5.91 Å². The summed E-state index contributed by atoms with van der Waals surface area (Å²) in [5.41, 5.74) is 1.73. The number of pyridine rings is 1. The fourth-order valence-corrected chi connectivity index (χ4v) is 3.22. The molecule has 0 unspecified atom stereocenters. The Morgan fingerprint density at radius 3 is 2.68 bits per heavy atom. The highest BCUT2D eigenvalue weighted by molar-refractivity contribution is 5.95. The first kappa shape index (κ1) is 14.8. The van der Waals surface area contributed by atoms with Gasteiger partial charge in [-0.3, -0.25) is 9.78 Å². The van der Waals surface area contributed by atoms with Gasteiger partial charge in [0.25, 0.3) is 5.91 Å². The van der Waals surface area contributed by atoms with Gasteiger partial charge in [-0.2, -0.15) is 0 Å². The fraction of sp³-hybridized carbons (Fsp3) is 0.412. The molecule has 1 N–H and O–H groups in total. The second-order valence-electron chi connectivity index (χ2n) is 5.87. The molecular formula is C17H20N2O3. The number of aliphatic hydroxyl groups excluding tert-OH is 1. The Hall–Kier alpha value is -2.14. The first-order chi connectivity index (χ1) is 10.6. The maximum Gasteiger partial charge on any atom is 0.257 e. The summed E-state index contributed by atoms with van der Waals surface area (Å²) in [4.78, 5) is 18.5. The molecule has 0 saturated carbocycles. The van der Waals surface area contributed by atoms with Gasteiger partial charge in [0.15, 0.2) is 0 Å². The van der Waals surface area contributed by atoms with E-state index in [2.05, 4.69) is 4.98 Å². The standard InChI is InChI=1S/C17H20N2O3/c1-11-7-15(12(2)22-11)17(21)19-8-14(10-20)16(9-19)13-3-5-18-6-4-13/h3-7,14,16,20H,8-10H2,1-2H3/t14-,16-/m0/s1. The first-order valence-electron chi connectivity index (χ1n) is 7.47. The van der Waals surface area contributed by atoms with Gasteiger partial charge in [0.2, 0.25) is 0 Å². The SMILES string of the molecule is Cc1cc(C(=O)N2C[C@@H](CO)[C@H](c3ccncc3)C2)c(C)o1. The molecule has 0 radical (unpaired) electrons. The van der Waals surface area contributed by atoms with Crippen LogP contribution in [0.2, 0.25) is 0 Å². The van der Waals surface area contributed by atoms with E-state index in [1.165, 1.54) is 0 Å². The minimum Gasteiger partial charge on any atom is -0.466 e. The van der Waals surface area contributed by atoms with Crippen molar-refractivity contribution in [3.05, 3.63) is 53.2 Å². The van der Waals surface area contributed by atoms with Crippen molar-refractivity contribution in [3.8, 4) is 0 Å². The maximum atomic E-state index is 12.7. The Labute approximate surface area is 129 Å². The van der Waals surface area contributed by atoms with Crippen LogP contribution in [0.4, 0.5) is 0 Å². The van der Waals surface area contributed by atoms with Gasteiger partial charge in [0.1, 0.15) is 11.5 Å². The molecule has 1 aliphatic rings. The number of amides is 1. The van der Waals surface area contributed by atoms with Crippen LogP contribution in [0, 0.1) is 19.8 Å². The smallest absolute Gasteiger partial charge is 0.257 e. The predicted octanol–water partition coefficient (Wildman–Crippen LogP) is 2.14. The lowest BCUT2D eigenvalue weighted by atomic mass is 9.90. The quantitative estimate of drug-likeness (QED) is 0.943. The molecule has 5 nitrogen and oxygen atoms in total. The van der Waals surface area contributed by atoms with E-state index in [-0.39, 0.29) is 24.3 Å². The Morgan fingerprint density at radius 2 is 2.09 bits per heavy atom. The maximum absolute atomic E-state index is 12.7. The van der Waals surface area contributed by atoms with Crippen molar-refractivity contribution in [2.24, 2.45) is 5.92 Å². The molecule has 5 heteroatoms. The number of nitrogens with zero attached hydrogens (tertiary/aromatic N) is 2. The van der Waals surface area contributed by atoms with Gasteiger partial charge in [-0.25, -0.2) is 0 Å². The van der Waals surface area contributed by atoms with Gasteiger partial charge in [-0.15, -0.1) is 0 Å². The summed E-state index contributed by atoms with van der Waals surface area (Å²) in [5, 5.41) is 9.65. The van der Waals surface area contributed by atoms with Crippen molar-refractivity contribution in [1.82, 2.24) is 9.88 Å². The van der Waals surface area contributed by atoms with Crippen LogP contribution in [-0.2, 0) is 0 Å². The molecule has 0 aromatic carbocycles. The number of hydrogen-bond donors (Lipinski definition) is 1. The molecular weight excluding hydrogens is 280 g/mol. The molecule has 0 spiro atoms. The molecule has 1 saturated heterocycles. The summed E-state index contributed by atoms with van der Waals surface area (Å²) in [6, 6.07) is 5.69. The molecule has 0 aliphatic carbocycles. The zero-order valence-corrected chi connectivity index (χ0v) is 12.8. The van der Waals surface area contributed by atoms with Gasteiger partial charge >= 0.3 is 0 Å². The number of aromatic nitrogens is 1. The van der Waals surface area contributed by atoms with Crippen molar-refractivity contribution in [2.45, 2.75) is 19.8 Å². The van der Waals surface area contributed by atoms with Gasteiger partial charge < -0.3 is 14.4 Å². The van der Waals surface area contributed by atoms with Gasteiger partial charge in [-0.05, 0) is 37.6 Å². The molecule has 2 atom stereocenters. The summed E-state index contributed by atoms with van der Waals surface area (Å²) in [6.07, 6.45) is 3.50. The predicted molar refractivity (Wildman–Crippen MR) is 81.6 cm³/mol. The third kappa shape index (κ3) is 2.64. The molecule has 2 aromatic rings. The van der Waals surface area contributed by atoms with E-state index in [1.54, 1.807) is 25.4 Å². The summed E-state index contributed by atoms with van der Waals surface area (Å²) in [5.74, 6) is 1.56. The number of furan rings is 1. The van der Waals surface area contributed by atoms with Crippen molar-refractivity contribution in [1.29, 1.82) is 0 Å². The fourth-order valence-electron chi connectivity index (χ4n) is 3.22. The van der Waals surface area contributed by atoms with Crippen LogP contribution in [0.3, 0.4) is 0 Å². The van der Waals surface area contributed by atoms with E-state index in [0.717, 1.165) is 11.3 Å². The second-order valence-corrected chi connectivity index (χ2v) is 5.87. The molecule has 2 aromatic heterocycles. The minimum absolute atomic E-state index is 0.0237. The van der Waals surface area contributed by atoms with Crippen LogP contribution in [0.25, 0.3) is 0 Å². The molecule has 22 heavy (non-hydrogen) atoms. The highest BCUT2D eigenvalue weighted by atomic mass is 16.3. The van der Waals surface area contributed by atoms with Crippen molar-refractivity contribution < 1.29 is 14.3 Å². The van der Waals surface area contributed by atoms with Crippen LogP contribution in [0.15, 0.2) is 35.0 Å². The largest absolute Gasteiger partial charge is 0.466 e. The van der Waals surface area contributed by atoms with Gasteiger partial charge in [-0.1, -0.05) is 0 Å². The van der Waals surface area contributed by atoms with Crippen molar-refractivity contribution in [3.63, 3.8) is 0 Å². The zero-order valence-electron chi connectivity index (χ0n) is 12.8. The van der Waals surface area contributed by atoms with E-state index in [9.17, 15) is 9.90 Å². The van der Waals surface area contributed by atoms with Crippen LogP contribution in [-0.4, -0.2) is 40.6 Å². The highest BCUT2D eigenvalue weighted by Gasteiger charge is 2.36. The lowest BCUT2D eigenvalue weighted by Gasteiger charge is -2.16. The lowest BCUT2D eigenvalue weighted by molar-refractivity contribution is 0.0779. The Bertz CT molecular complexity index is 666. The van der Waals surface area contributed by atoms with Crippen LogP contribution < -0.4 is 0 Å². The molecule has 3 rings (SSSR count). The van der Waals surface area contributed by atoms with Gasteiger partial charge in [0.05, 0.1) is 5.56 Å². The molecule has 1 fully saturated rings. The average molecular weight is 300 g/mol. The molecule has 1 aliphatic heterocycles. The van der Waals surface area contributed by atoms with Crippen LogP contribution in [0.5, 0.6) is 0 Å². The number of likely N-dealkylation sites (tertiary alicyclic amines) is 1. The van der Waals surface area contributed by atoms with Crippen LogP contribution >= 0.6 is 0 Å². The van der Waals surface area contributed by atoms with E-state index in [0.29, 0.717) is 24.4 Å². The normalized spacial score (nSPS) is 21.3. The second kappa shape index (κ2) is 5.93. The van der Waals surface area contributed by atoms with E-state index >= 15 is 0 Å². The van der Waals surface area contributed by atoms with E-state index in [4.69, 9.17) is 4.42 Å². The Kier molecular flexibility index (Phi) is 3.98. The monoisotopic (exact) mass is 300 g/mol. The number of carbonyl (C=O) groups excluding carboxylic acids is 1. The first-order valence-corrected chi connectivity index (χ1v) is 7.47. The van der Waals surface area contributed by atoms with Crippen molar-refractivity contribution in [2.75, 3.05) is 19.7 Å². The van der Waals surface area contributed by atoms with E-state index in [1.807, 2.05) is 24.0 Å². The Morgan fingerprint density at radius 1 is 1.36 bits per heavy atom. The van der Waals surface area contributed by atoms with Crippen LogP contribution in [0.1, 0.15) is 33.4 Å². The number of rotatable bonds is 3. The summed E-state index contributed by atoms with van der Waals surface area (Å²) in [6.45, 7) is 4.88. The highest BCUT2D eigenvalue weighted by Crippen LogP contribution is 2.33. The molecule has 0 bridgehead atoms. The lowest BCUT2D eigenvalue weighted by Crippen LogP contribution is -2.29. The molecule has 3 heterocycles. The summed E-state index contributed by atoms with van der Waals surface area (Å²) >= 11 is 0. The number of aliphatic hydroxyl groups is 1. The Balaban J connectivity index is 1.82. The number of hydrogen-bond acceptors (Lipinski definition) is 4. The average Bonchev–Trinajstić information content (AvgIpc) is 3.10. The molecule has 1 amide bonds. The number of aryl methyl sites for hydroxylation is 2. The minimum atomic E-state index is -0.0237. The summed E-state index contributed by atoms with van der Waals surface area (Å²) in [7, 11) is 0. The van der Waals surface area contributed by atoms with E-state index < -0.39 is 0 Å².